The predicted octanol–water partition coefficient (Wildman–Crippen LogP) is 2.65. The number of β-amino-alcohol motifs (C(OH)–C–C–N with tert-alkyl or cyclic N) is 1. The molecule has 0 unspecified atom stereocenters. The van der Waals surface area contributed by atoms with Gasteiger partial charge in [-0.15, -0.1) is 0 Å². The van der Waals surface area contributed by atoms with Crippen LogP contribution in [0.25, 0.3) is 0 Å². The summed E-state index contributed by atoms with van der Waals surface area (Å²) >= 11 is 6.33. The van der Waals surface area contributed by atoms with Crippen LogP contribution in [-0.4, -0.2) is 83.6 Å². The highest BCUT2D eigenvalue weighted by atomic mass is 35.5. The van der Waals surface area contributed by atoms with Crippen molar-refractivity contribution in [3.8, 4) is 5.88 Å². The number of carbonyl (C=O) groups is 2. The first-order valence-electron chi connectivity index (χ1n) is 11.9. The van der Waals surface area contributed by atoms with Gasteiger partial charge in [0.15, 0.2) is 0 Å². The second kappa shape index (κ2) is 14.4. The van der Waals surface area contributed by atoms with E-state index in [4.69, 9.17) is 27.2 Å². The standard InChI is InChI=1S/C23H31ClF2N6O4S/c24-16-13-17(25)15(12-18(16)26)14-36-21-19(20(27)34)22(37-30-21)29-23(35)28-4-2-1-3-5-31-6-8-32(9-7-31)10-11-33/h12-13,33H,1-11,14H2,(H2,27,34)(H2,28,29,35). The molecule has 1 aliphatic heterocycles. The van der Waals surface area contributed by atoms with Gasteiger partial charge in [0, 0.05) is 44.8 Å². The van der Waals surface area contributed by atoms with E-state index in [1.165, 1.54) is 0 Å². The number of amides is 3. The third-order valence-corrected chi connectivity index (χ3v) is 6.94. The Bertz CT molecular complexity index is 1070. The zero-order valence-electron chi connectivity index (χ0n) is 20.3. The molecule has 14 heteroatoms. The maximum absolute atomic E-state index is 14.0. The molecule has 0 radical (unpaired) electrons. The number of ether oxygens (including phenoxy) is 1. The molecule has 2 heterocycles. The third kappa shape index (κ3) is 8.75. The molecule has 1 aromatic carbocycles. The van der Waals surface area contributed by atoms with E-state index in [9.17, 15) is 18.4 Å². The smallest absolute Gasteiger partial charge is 0.319 e. The number of anilines is 1. The summed E-state index contributed by atoms with van der Waals surface area (Å²) in [6.07, 6.45) is 2.76. The number of halogens is 3. The Morgan fingerprint density at radius 1 is 1.11 bits per heavy atom. The highest BCUT2D eigenvalue weighted by Crippen LogP contribution is 2.31. The summed E-state index contributed by atoms with van der Waals surface area (Å²) in [7, 11) is 0. The molecule has 204 valence electrons. The van der Waals surface area contributed by atoms with Crippen LogP contribution in [0.15, 0.2) is 12.1 Å². The van der Waals surface area contributed by atoms with E-state index in [-0.39, 0.29) is 33.6 Å². The van der Waals surface area contributed by atoms with Crippen LogP contribution in [0.5, 0.6) is 5.88 Å². The van der Waals surface area contributed by atoms with Crippen LogP contribution in [0, 0.1) is 11.6 Å². The van der Waals surface area contributed by atoms with E-state index in [0.717, 1.165) is 82.2 Å². The number of nitrogens with zero attached hydrogens (tertiary/aromatic N) is 3. The Balaban J connectivity index is 1.39. The number of nitrogens with two attached hydrogens (primary N) is 1. The number of rotatable bonds is 13. The molecule has 0 atom stereocenters. The largest absolute Gasteiger partial charge is 0.471 e. The number of aliphatic hydroxyl groups is 1. The predicted molar refractivity (Wildman–Crippen MR) is 137 cm³/mol. The van der Waals surface area contributed by atoms with Crippen LogP contribution in [0.4, 0.5) is 18.6 Å². The summed E-state index contributed by atoms with van der Waals surface area (Å²) in [5.74, 6) is -2.68. The molecular weight excluding hydrogens is 530 g/mol. The van der Waals surface area contributed by atoms with Crippen LogP contribution in [0.1, 0.15) is 35.2 Å². The van der Waals surface area contributed by atoms with Gasteiger partial charge in [-0.3, -0.25) is 15.0 Å². The second-order valence-electron chi connectivity index (χ2n) is 8.55. The Hall–Kier alpha value is -2.58. The van der Waals surface area contributed by atoms with Crippen molar-refractivity contribution < 1.29 is 28.2 Å². The second-order valence-corrected chi connectivity index (χ2v) is 9.73. The van der Waals surface area contributed by atoms with Gasteiger partial charge in [-0.2, -0.15) is 4.37 Å². The summed E-state index contributed by atoms with van der Waals surface area (Å²) in [6.45, 7) is 5.87. The summed E-state index contributed by atoms with van der Waals surface area (Å²) in [5, 5.41) is 14.0. The van der Waals surface area contributed by atoms with E-state index in [1.807, 2.05) is 0 Å². The molecule has 2 aromatic rings. The van der Waals surface area contributed by atoms with Crippen molar-refractivity contribution in [3.63, 3.8) is 0 Å². The Morgan fingerprint density at radius 2 is 1.81 bits per heavy atom. The molecule has 10 nitrogen and oxygen atoms in total. The lowest BCUT2D eigenvalue weighted by Crippen LogP contribution is -2.47. The molecule has 1 aliphatic rings. The Morgan fingerprint density at radius 3 is 2.49 bits per heavy atom. The summed E-state index contributed by atoms with van der Waals surface area (Å²) in [4.78, 5) is 28.9. The molecule has 37 heavy (non-hydrogen) atoms. The van der Waals surface area contributed by atoms with Gasteiger partial charge in [-0.25, -0.2) is 13.6 Å². The van der Waals surface area contributed by atoms with Crippen LogP contribution in [0.2, 0.25) is 5.02 Å². The lowest BCUT2D eigenvalue weighted by atomic mass is 10.2. The van der Waals surface area contributed by atoms with Gasteiger partial charge < -0.3 is 25.8 Å². The highest BCUT2D eigenvalue weighted by Gasteiger charge is 2.22. The fraction of sp³-hybridized carbons (Fsp3) is 0.522. The van der Waals surface area contributed by atoms with E-state index in [2.05, 4.69) is 24.8 Å². The van der Waals surface area contributed by atoms with Crippen molar-refractivity contribution in [1.82, 2.24) is 19.5 Å². The van der Waals surface area contributed by atoms with Crippen molar-refractivity contribution in [2.45, 2.75) is 25.9 Å². The monoisotopic (exact) mass is 560 g/mol. The summed E-state index contributed by atoms with van der Waals surface area (Å²) in [5.41, 5.74) is 5.14. The lowest BCUT2D eigenvalue weighted by Gasteiger charge is -2.34. The van der Waals surface area contributed by atoms with Crippen molar-refractivity contribution in [2.75, 3.05) is 57.7 Å². The normalized spacial score (nSPS) is 14.5. The molecule has 0 bridgehead atoms. The first-order chi connectivity index (χ1) is 17.8. The van der Waals surface area contributed by atoms with Crippen molar-refractivity contribution in [1.29, 1.82) is 0 Å². The number of aliphatic hydroxyl groups excluding tert-OH is 1. The van der Waals surface area contributed by atoms with E-state index >= 15 is 0 Å². The van der Waals surface area contributed by atoms with Gasteiger partial charge in [-0.05, 0) is 43.1 Å². The van der Waals surface area contributed by atoms with E-state index < -0.39 is 30.2 Å². The van der Waals surface area contributed by atoms with E-state index in [1.54, 1.807) is 0 Å². The summed E-state index contributed by atoms with van der Waals surface area (Å²) < 4.78 is 37.0. The molecule has 0 aliphatic carbocycles. The van der Waals surface area contributed by atoms with Gasteiger partial charge in [0.1, 0.15) is 28.8 Å². The lowest BCUT2D eigenvalue weighted by molar-refractivity contribution is 0.0996. The SMILES string of the molecule is NC(=O)c1c(OCc2cc(F)c(Cl)cc2F)nsc1NC(=O)NCCCCCN1CCN(CCO)CC1. The zero-order valence-corrected chi connectivity index (χ0v) is 21.8. The number of primary amides is 1. The average molecular weight is 561 g/mol. The number of carbonyl (C=O) groups excluding carboxylic acids is 2. The molecule has 0 saturated carbocycles. The first kappa shape index (κ1) is 29.0. The topological polar surface area (TPSA) is 133 Å². The fourth-order valence-electron chi connectivity index (χ4n) is 3.86. The number of hydrogen-bond donors (Lipinski definition) is 4. The molecule has 1 aromatic heterocycles. The number of benzene rings is 1. The molecule has 3 rings (SSSR count). The van der Waals surface area contributed by atoms with Gasteiger partial charge in [-0.1, -0.05) is 18.0 Å². The van der Waals surface area contributed by atoms with Gasteiger partial charge in [0.2, 0.25) is 5.88 Å². The number of piperazine rings is 1. The van der Waals surface area contributed by atoms with Crippen LogP contribution >= 0.6 is 23.1 Å². The van der Waals surface area contributed by atoms with Gasteiger partial charge in [0.05, 0.1) is 11.6 Å². The van der Waals surface area contributed by atoms with Crippen molar-refractivity contribution in [3.05, 3.63) is 39.9 Å². The van der Waals surface area contributed by atoms with Crippen molar-refractivity contribution in [2.24, 2.45) is 5.73 Å². The third-order valence-electron chi connectivity index (χ3n) is 5.91. The first-order valence-corrected chi connectivity index (χ1v) is 13.1. The minimum Gasteiger partial charge on any atom is -0.471 e. The van der Waals surface area contributed by atoms with Crippen LogP contribution < -0.4 is 21.1 Å². The molecule has 0 spiro atoms. The quantitative estimate of drug-likeness (QED) is 0.219. The molecule has 1 fully saturated rings. The zero-order chi connectivity index (χ0) is 26.8. The minimum absolute atomic E-state index is 0.0862. The minimum atomic E-state index is -0.890. The molecule has 1 saturated heterocycles. The highest BCUT2D eigenvalue weighted by molar-refractivity contribution is 7.11. The van der Waals surface area contributed by atoms with Gasteiger partial charge in [0.25, 0.3) is 5.91 Å². The number of aromatic nitrogens is 1. The Labute approximate surface area is 222 Å². The average Bonchev–Trinajstić information content (AvgIpc) is 3.26. The van der Waals surface area contributed by atoms with Crippen LogP contribution in [0.3, 0.4) is 0 Å². The molecule has 3 amide bonds. The van der Waals surface area contributed by atoms with Crippen molar-refractivity contribution >= 4 is 40.1 Å². The van der Waals surface area contributed by atoms with E-state index in [0.29, 0.717) is 6.54 Å². The Kier molecular flexibility index (Phi) is 11.3. The number of nitrogens with one attached hydrogen (secondary N) is 2. The number of urea groups is 1. The molecular formula is C23H31ClF2N6O4S. The fourth-order valence-corrected chi connectivity index (χ4v) is 4.75. The van der Waals surface area contributed by atoms with Gasteiger partial charge >= 0.3 is 6.03 Å². The number of unbranched alkanes of at least 4 members (excludes halogenated alkanes) is 2. The summed E-state index contributed by atoms with van der Waals surface area (Å²) in [6, 6.07) is 1.19. The molecule has 5 N–H and O–H groups in total. The number of hydrogen-bond acceptors (Lipinski definition) is 8. The van der Waals surface area contributed by atoms with Crippen LogP contribution in [-0.2, 0) is 6.61 Å². The maximum atomic E-state index is 14.0. The maximum Gasteiger partial charge on any atom is 0.319 e.